The summed E-state index contributed by atoms with van der Waals surface area (Å²) in [6, 6.07) is 3.69. The third-order valence-corrected chi connectivity index (χ3v) is 2.49. The molecule has 0 saturated heterocycles. The number of ether oxygens (including phenoxy) is 1. The monoisotopic (exact) mass is 202 g/mol. The summed E-state index contributed by atoms with van der Waals surface area (Å²) in [6.45, 7) is 0.744. The lowest BCUT2D eigenvalue weighted by molar-refractivity contribution is -0.0723. The van der Waals surface area contributed by atoms with Gasteiger partial charge in [-0.3, -0.25) is 0 Å². The van der Waals surface area contributed by atoms with Gasteiger partial charge in [-0.05, 0) is 18.2 Å². The number of hydrogen-bond donors (Lipinski definition) is 0. The molecular formula is C10H9F3O. The molecule has 1 unspecified atom stereocenters. The first-order valence-corrected chi connectivity index (χ1v) is 4.31. The molecule has 1 nitrogen and oxygen atoms in total. The molecule has 1 aliphatic rings. The van der Waals surface area contributed by atoms with Crippen molar-refractivity contribution in [3.8, 4) is 5.75 Å². The van der Waals surface area contributed by atoms with Crippen molar-refractivity contribution < 1.29 is 17.9 Å². The number of benzene rings is 1. The summed E-state index contributed by atoms with van der Waals surface area (Å²) in [5.41, 5.74) is 0.237. The van der Waals surface area contributed by atoms with Crippen LogP contribution in [0.15, 0.2) is 18.2 Å². The molecule has 1 aromatic carbocycles. The van der Waals surface area contributed by atoms with Gasteiger partial charge in [-0.1, -0.05) is 6.92 Å². The Bertz CT molecular complexity index is 362. The smallest absolute Gasteiger partial charge is 0.287 e. The Morgan fingerprint density at radius 2 is 2.14 bits per heavy atom. The fourth-order valence-electron chi connectivity index (χ4n) is 1.52. The van der Waals surface area contributed by atoms with E-state index in [-0.39, 0.29) is 5.56 Å². The molecule has 2 rings (SSSR count). The summed E-state index contributed by atoms with van der Waals surface area (Å²) in [5.74, 6) is -4.08. The molecule has 1 heterocycles. The van der Waals surface area contributed by atoms with Crippen molar-refractivity contribution in [3.05, 3.63) is 29.6 Å². The highest BCUT2D eigenvalue weighted by Gasteiger charge is 2.43. The van der Waals surface area contributed by atoms with Gasteiger partial charge in [0.1, 0.15) is 11.6 Å². The van der Waals surface area contributed by atoms with Crippen molar-refractivity contribution in [2.24, 2.45) is 0 Å². The van der Waals surface area contributed by atoms with Gasteiger partial charge in [-0.25, -0.2) is 13.2 Å². The normalized spacial score (nSPS) is 23.9. The largest absolute Gasteiger partial charge is 0.487 e. The summed E-state index contributed by atoms with van der Waals surface area (Å²) in [4.78, 5) is 0. The number of hydrogen-bond acceptors (Lipinski definition) is 1. The molecule has 0 aliphatic carbocycles. The molecule has 0 fully saturated rings. The van der Waals surface area contributed by atoms with Crippen molar-refractivity contribution in [1.82, 2.24) is 0 Å². The second-order valence-electron chi connectivity index (χ2n) is 3.45. The molecule has 0 bridgehead atoms. The molecule has 4 heteroatoms. The Kier molecular flexibility index (Phi) is 1.94. The van der Waals surface area contributed by atoms with Gasteiger partial charge >= 0.3 is 0 Å². The van der Waals surface area contributed by atoms with Gasteiger partial charge in [0.2, 0.25) is 0 Å². The predicted molar refractivity (Wildman–Crippen MR) is 45.3 cm³/mol. The summed E-state index contributed by atoms with van der Waals surface area (Å²) >= 11 is 0. The van der Waals surface area contributed by atoms with Crippen LogP contribution in [-0.4, -0.2) is 12.5 Å². The van der Waals surface area contributed by atoms with Gasteiger partial charge in [0.05, 0.1) is 5.92 Å². The Hall–Kier alpha value is -1.19. The van der Waals surface area contributed by atoms with Crippen LogP contribution in [0.4, 0.5) is 13.2 Å². The van der Waals surface area contributed by atoms with Gasteiger partial charge in [0.15, 0.2) is 6.61 Å². The molecule has 1 atom stereocenters. The van der Waals surface area contributed by atoms with E-state index in [1.165, 1.54) is 19.1 Å². The minimum absolute atomic E-state index is 0.237. The maximum atomic E-state index is 13.2. The van der Waals surface area contributed by atoms with Crippen LogP contribution in [0, 0.1) is 5.82 Å². The zero-order valence-corrected chi connectivity index (χ0v) is 7.56. The van der Waals surface area contributed by atoms with Crippen LogP contribution in [0.5, 0.6) is 5.75 Å². The van der Waals surface area contributed by atoms with Crippen molar-refractivity contribution in [2.45, 2.75) is 18.8 Å². The number of alkyl halides is 2. The Morgan fingerprint density at radius 3 is 2.86 bits per heavy atom. The fourth-order valence-corrected chi connectivity index (χ4v) is 1.52. The maximum Gasteiger partial charge on any atom is 0.287 e. The molecule has 1 aromatic rings. The zero-order chi connectivity index (χ0) is 10.3. The van der Waals surface area contributed by atoms with E-state index in [1.807, 2.05) is 0 Å². The average Bonchev–Trinajstić information content (AvgIpc) is 2.13. The average molecular weight is 202 g/mol. The van der Waals surface area contributed by atoms with E-state index in [1.54, 1.807) is 0 Å². The molecule has 1 aliphatic heterocycles. The first-order valence-electron chi connectivity index (χ1n) is 4.31. The van der Waals surface area contributed by atoms with Gasteiger partial charge in [0, 0.05) is 5.56 Å². The summed E-state index contributed by atoms with van der Waals surface area (Å²) in [6.07, 6.45) is 0. The first-order chi connectivity index (χ1) is 6.50. The molecule has 0 radical (unpaired) electrons. The maximum absolute atomic E-state index is 13.2. The Morgan fingerprint density at radius 1 is 1.43 bits per heavy atom. The minimum Gasteiger partial charge on any atom is -0.487 e. The molecule has 0 spiro atoms. The predicted octanol–water partition coefficient (Wildman–Crippen LogP) is 2.96. The molecular weight excluding hydrogens is 193 g/mol. The van der Waals surface area contributed by atoms with Crippen LogP contribution >= 0.6 is 0 Å². The highest BCUT2D eigenvalue weighted by Crippen LogP contribution is 2.42. The second kappa shape index (κ2) is 2.90. The van der Waals surface area contributed by atoms with Gasteiger partial charge < -0.3 is 4.74 Å². The summed E-state index contributed by atoms with van der Waals surface area (Å²) in [5, 5.41) is 0. The van der Waals surface area contributed by atoms with E-state index in [2.05, 4.69) is 0 Å². The third-order valence-electron chi connectivity index (χ3n) is 2.49. The minimum atomic E-state index is -2.92. The Balaban J connectivity index is 2.48. The number of fused-ring (bicyclic) bond motifs is 1. The lowest BCUT2D eigenvalue weighted by atomic mass is 9.92. The van der Waals surface area contributed by atoms with Crippen molar-refractivity contribution in [2.75, 3.05) is 6.61 Å². The van der Waals surface area contributed by atoms with Gasteiger partial charge in [-0.15, -0.1) is 0 Å². The van der Waals surface area contributed by atoms with E-state index < -0.39 is 24.3 Å². The van der Waals surface area contributed by atoms with Crippen molar-refractivity contribution in [3.63, 3.8) is 0 Å². The van der Waals surface area contributed by atoms with E-state index >= 15 is 0 Å². The zero-order valence-electron chi connectivity index (χ0n) is 7.56. The molecule has 0 saturated carbocycles. The SMILES string of the molecule is CC1c2cc(F)ccc2OCC1(F)F. The second-order valence-corrected chi connectivity index (χ2v) is 3.45. The lowest BCUT2D eigenvalue weighted by Crippen LogP contribution is -2.36. The topological polar surface area (TPSA) is 9.23 Å². The van der Waals surface area contributed by atoms with Crippen LogP contribution in [0.25, 0.3) is 0 Å². The van der Waals surface area contributed by atoms with Crippen molar-refractivity contribution in [1.29, 1.82) is 0 Å². The molecule has 76 valence electrons. The quantitative estimate of drug-likeness (QED) is 0.628. The van der Waals surface area contributed by atoms with Crippen LogP contribution in [-0.2, 0) is 0 Å². The van der Waals surface area contributed by atoms with Gasteiger partial charge in [-0.2, -0.15) is 0 Å². The van der Waals surface area contributed by atoms with E-state index in [0.29, 0.717) is 5.75 Å². The molecule has 14 heavy (non-hydrogen) atoms. The van der Waals surface area contributed by atoms with E-state index in [0.717, 1.165) is 6.07 Å². The highest BCUT2D eigenvalue weighted by atomic mass is 19.3. The molecule has 0 aromatic heterocycles. The highest BCUT2D eigenvalue weighted by molar-refractivity contribution is 5.39. The number of rotatable bonds is 0. The van der Waals surface area contributed by atoms with Crippen LogP contribution in [0.1, 0.15) is 18.4 Å². The standard InChI is InChI=1S/C10H9F3O/c1-6-8-4-7(11)2-3-9(8)14-5-10(6,12)13/h2-4,6H,5H2,1H3. The molecule has 0 amide bonds. The lowest BCUT2D eigenvalue weighted by Gasteiger charge is -2.30. The summed E-state index contributed by atoms with van der Waals surface area (Å²) < 4.78 is 44.0. The van der Waals surface area contributed by atoms with Crippen LogP contribution < -0.4 is 4.74 Å². The van der Waals surface area contributed by atoms with Crippen LogP contribution in [0.3, 0.4) is 0 Å². The third kappa shape index (κ3) is 1.35. The number of halogens is 3. The van der Waals surface area contributed by atoms with Crippen molar-refractivity contribution >= 4 is 0 Å². The first kappa shape index (κ1) is 9.37. The van der Waals surface area contributed by atoms with E-state index in [9.17, 15) is 13.2 Å². The van der Waals surface area contributed by atoms with Gasteiger partial charge in [0.25, 0.3) is 5.92 Å². The Labute approximate surface area is 79.5 Å². The molecule has 0 N–H and O–H groups in total. The van der Waals surface area contributed by atoms with Crippen LogP contribution in [0.2, 0.25) is 0 Å². The van der Waals surface area contributed by atoms with E-state index in [4.69, 9.17) is 4.74 Å². The fraction of sp³-hybridized carbons (Fsp3) is 0.400. The summed E-state index contributed by atoms with van der Waals surface area (Å²) in [7, 11) is 0.